The molecule has 0 atom stereocenters. The van der Waals surface area contributed by atoms with E-state index in [0.29, 0.717) is 27.7 Å². The van der Waals surface area contributed by atoms with Gasteiger partial charge in [-0.1, -0.05) is 48.0 Å². The van der Waals surface area contributed by atoms with Gasteiger partial charge in [-0.25, -0.2) is 4.98 Å². The van der Waals surface area contributed by atoms with Gasteiger partial charge in [-0.15, -0.1) is 0 Å². The smallest absolute Gasteiger partial charge is 0.275 e. The van der Waals surface area contributed by atoms with Crippen molar-refractivity contribution in [2.24, 2.45) is 0 Å². The number of aromatic nitrogens is 2. The quantitative estimate of drug-likeness (QED) is 0.523. The minimum atomic E-state index is -0.372. The van der Waals surface area contributed by atoms with E-state index in [4.69, 9.17) is 16.3 Å². The molecule has 3 aromatic carbocycles. The minimum Gasteiger partial charge on any atom is -0.454 e. The van der Waals surface area contributed by atoms with E-state index in [9.17, 15) is 4.79 Å². The molecule has 0 aliphatic rings. The van der Waals surface area contributed by atoms with Crippen LogP contribution in [0.3, 0.4) is 0 Å². The number of anilines is 1. The Kier molecular flexibility index (Phi) is 4.68. The molecule has 0 aliphatic heterocycles. The molecule has 5 nitrogen and oxygen atoms in total. The van der Waals surface area contributed by atoms with E-state index in [0.717, 1.165) is 5.52 Å². The maximum Gasteiger partial charge on any atom is 0.275 e. The molecule has 0 radical (unpaired) electrons. The van der Waals surface area contributed by atoms with Crippen LogP contribution in [0, 0.1) is 0 Å². The van der Waals surface area contributed by atoms with Crippen LogP contribution in [0.15, 0.2) is 79.0 Å². The summed E-state index contributed by atoms with van der Waals surface area (Å²) >= 11 is 6.15. The summed E-state index contributed by atoms with van der Waals surface area (Å²) in [5.74, 6) is 0.613. The predicted octanol–water partition coefficient (Wildman–Crippen LogP) is 5.33. The molecular weight excluding hydrogens is 362 g/mol. The van der Waals surface area contributed by atoms with Crippen molar-refractivity contribution in [3.8, 4) is 11.5 Å². The van der Waals surface area contributed by atoms with Gasteiger partial charge in [0.25, 0.3) is 5.91 Å². The van der Waals surface area contributed by atoms with Gasteiger partial charge in [0.15, 0.2) is 5.75 Å². The molecule has 6 heteroatoms. The molecule has 1 N–H and O–H groups in total. The molecule has 4 aromatic rings. The maximum atomic E-state index is 12.6. The monoisotopic (exact) mass is 375 g/mol. The van der Waals surface area contributed by atoms with E-state index >= 15 is 0 Å². The van der Waals surface area contributed by atoms with Crippen LogP contribution in [0.5, 0.6) is 11.5 Å². The first-order valence-electron chi connectivity index (χ1n) is 8.25. The van der Waals surface area contributed by atoms with Gasteiger partial charge < -0.3 is 10.1 Å². The maximum absolute atomic E-state index is 12.6. The topological polar surface area (TPSA) is 64.1 Å². The lowest BCUT2D eigenvalue weighted by Gasteiger charge is -2.13. The second-order valence-corrected chi connectivity index (χ2v) is 6.13. The van der Waals surface area contributed by atoms with Gasteiger partial charge in [-0.2, -0.15) is 0 Å². The van der Waals surface area contributed by atoms with Crippen molar-refractivity contribution in [3.63, 3.8) is 0 Å². The van der Waals surface area contributed by atoms with Crippen molar-refractivity contribution in [2.75, 3.05) is 5.32 Å². The normalized spacial score (nSPS) is 10.6. The van der Waals surface area contributed by atoms with Crippen LogP contribution < -0.4 is 10.1 Å². The van der Waals surface area contributed by atoms with Gasteiger partial charge in [0.2, 0.25) is 0 Å². The highest BCUT2D eigenvalue weighted by Crippen LogP contribution is 2.33. The molecule has 0 saturated heterocycles. The lowest BCUT2D eigenvalue weighted by Crippen LogP contribution is -2.14. The van der Waals surface area contributed by atoms with Crippen LogP contribution in [0.1, 0.15) is 10.5 Å². The highest BCUT2D eigenvalue weighted by atomic mass is 35.5. The van der Waals surface area contributed by atoms with Gasteiger partial charge in [-0.05, 0) is 36.4 Å². The fourth-order valence-electron chi connectivity index (χ4n) is 2.56. The van der Waals surface area contributed by atoms with E-state index in [-0.39, 0.29) is 11.6 Å². The van der Waals surface area contributed by atoms with Gasteiger partial charge in [-0.3, -0.25) is 9.78 Å². The molecular formula is C21H14ClN3O2. The van der Waals surface area contributed by atoms with Crippen molar-refractivity contribution in [1.29, 1.82) is 0 Å². The Bertz CT molecular complexity index is 1130. The second-order valence-electron chi connectivity index (χ2n) is 5.73. The predicted molar refractivity (Wildman–Crippen MR) is 105 cm³/mol. The van der Waals surface area contributed by atoms with Crippen molar-refractivity contribution in [2.45, 2.75) is 0 Å². The summed E-state index contributed by atoms with van der Waals surface area (Å²) in [7, 11) is 0. The highest BCUT2D eigenvalue weighted by molar-refractivity contribution is 6.32. The largest absolute Gasteiger partial charge is 0.454 e. The van der Waals surface area contributed by atoms with Crippen LogP contribution in [-0.2, 0) is 0 Å². The van der Waals surface area contributed by atoms with Crippen LogP contribution in [0.4, 0.5) is 5.69 Å². The molecule has 1 amide bonds. The van der Waals surface area contributed by atoms with Gasteiger partial charge in [0.05, 0.1) is 27.9 Å². The fourth-order valence-corrected chi connectivity index (χ4v) is 2.73. The number of fused-ring (bicyclic) bond motifs is 1. The first-order valence-corrected chi connectivity index (χ1v) is 8.63. The minimum absolute atomic E-state index is 0.223. The first kappa shape index (κ1) is 17.0. The lowest BCUT2D eigenvalue weighted by atomic mass is 10.2. The zero-order chi connectivity index (χ0) is 18.6. The number of hydrogen-bond donors (Lipinski definition) is 1. The number of nitrogens with one attached hydrogen (secondary N) is 1. The Balaban J connectivity index is 1.60. The molecule has 0 spiro atoms. The van der Waals surface area contributed by atoms with Gasteiger partial charge in [0, 0.05) is 0 Å². The Labute approximate surface area is 160 Å². The zero-order valence-corrected chi connectivity index (χ0v) is 14.9. The summed E-state index contributed by atoms with van der Waals surface area (Å²) in [6.07, 6.45) is 1.45. The summed E-state index contributed by atoms with van der Waals surface area (Å²) in [5.41, 5.74) is 2.13. The number of para-hydroxylation sites is 5. The SMILES string of the molecule is O=C(Nc1ccccc1Oc1ccccc1Cl)c1cnc2ccccc2n1. The number of carbonyl (C=O) groups excluding carboxylic acids is 1. The van der Waals surface area contributed by atoms with Crippen molar-refractivity contribution in [3.05, 3.63) is 89.7 Å². The van der Waals surface area contributed by atoms with E-state index < -0.39 is 0 Å². The van der Waals surface area contributed by atoms with Crippen LogP contribution in [-0.4, -0.2) is 15.9 Å². The Hall–Kier alpha value is -3.44. The summed E-state index contributed by atoms with van der Waals surface area (Å²) in [5, 5.41) is 3.31. The fraction of sp³-hybridized carbons (Fsp3) is 0. The summed E-state index contributed by atoms with van der Waals surface area (Å²) in [6, 6.07) is 21.7. The molecule has 132 valence electrons. The number of carbonyl (C=O) groups is 1. The molecule has 0 saturated carbocycles. The first-order chi connectivity index (χ1) is 13.2. The number of benzene rings is 3. The van der Waals surface area contributed by atoms with Crippen LogP contribution in [0.25, 0.3) is 11.0 Å². The van der Waals surface area contributed by atoms with Gasteiger partial charge >= 0.3 is 0 Å². The third-order valence-electron chi connectivity index (χ3n) is 3.87. The van der Waals surface area contributed by atoms with Crippen LogP contribution in [0.2, 0.25) is 5.02 Å². The average molecular weight is 376 g/mol. The lowest BCUT2D eigenvalue weighted by molar-refractivity contribution is 0.102. The van der Waals surface area contributed by atoms with E-state index in [1.807, 2.05) is 42.5 Å². The molecule has 27 heavy (non-hydrogen) atoms. The van der Waals surface area contributed by atoms with E-state index in [1.54, 1.807) is 30.3 Å². The summed E-state index contributed by atoms with van der Waals surface area (Å²) in [6.45, 7) is 0. The third kappa shape index (κ3) is 3.73. The highest BCUT2D eigenvalue weighted by Gasteiger charge is 2.13. The number of hydrogen-bond acceptors (Lipinski definition) is 4. The summed E-state index contributed by atoms with van der Waals surface area (Å²) < 4.78 is 5.86. The third-order valence-corrected chi connectivity index (χ3v) is 4.19. The number of rotatable bonds is 4. The van der Waals surface area contributed by atoms with Gasteiger partial charge in [0.1, 0.15) is 11.4 Å². The molecule has 1 aromatic heterocycles. The van der Waals surface area contributed by atoms with E-state index in [1.165, 1.54) is 6.20 Å². The zero-order valence-electron chi connectivity index (χ0n) is 14.1. The number of ether oxygens (including phenoxy) is 1. The second kappa shape index (κ2) is 7.43. The van der Waals surface area contributed by atoms with Crippen molar-refractivity contribution in [1.82, 2.24) is 9.97 Å². The molecule has 0 bridgehead atoms. The molecule has 0 unspecified atom stereocenters. The number of nitrogens with zero attached hydrogens (tertiary/aromatic N) is 2. The Morgan fingerprint density at radius 2 is 1.52 bits per heavy atom. The Morgan fingerprint density at radius 3 is 2.33 bits per heavy atom. The average Bonchev–Trinajstić information content (AvgIpc) is 2.70. The molecule has 1 heterocycles. The Morgan fingerprint density at radius 1 is 0.852 bits per heavy atom. The van der Waals surface area contributed by atoms with Crippen LogP contribution >= 0.6 is 11.6 Å². The molecule has 4 rings (SSSR count). The molecule has 0 fully saturated rings. The van der Waals surface area contributed by atoms with E-state index in [2.05, 4.69) is 15.3 Å². The number of amides is 1. The standard InChI is InChI=1S/C21H14ClN3O2/c22-14-7-1-5-11-19(14)27-20-12-6-4-10-17(20)25-21(26)18-13-23-15-8-2-3-9-16(15)24-18/h1-13H,(H,25,26). The molecule has 0 aliphatic carbocycles. The number of halogens is 1. The summed E-state index contributed by atoms with van der Waals surface area (Å²) in [4.78, 5) is 21.3. The van der Waals surface area contributed by atoms with Crippen molar-refractivity contribution < 1.29 is 9.53 Å². The van der Waals surface area contributed by atoms with Crippen molar-refractivity contribution >= 4 is 34.2 Å².